The van der Waals surface area contributed by atoms with Gasteiger partial charge in [-0.2, -0.15) is 0 Å². The first-order valence-corrected chi connectivity index (χ1v) is 20.1. The van der Waals surface area contributed by atoms with Crippen LogP contribution in [0.25, 0.3) is 0 Å². The van der Waals surface area contributed by atoms with E-state index in [0.29, 0.717) is 71.5 Å². The third kappa shape index (κ3) is 8.53. The van der Waals surface area contributed by atoms with Crippen molar-refractivity contribution in [3.63, 3.8) is 0 Å². The quantitative estimate of drug-likeness (QED) is 0.147. The summed E-state index contributed by atoms with van der Waals surface area (Å²) in [5.74, 6) is 8.57. The average Bonchev–Trinajstić information content (AvgIpc) is 3.03. The molecule has 0 fully saturated rings. The number of nitrogens with zero attached hydrogens (tertiary/aromatic N) is 2. The highest BCUT2D eigenvalue weighted by atomic mass is 15.2. The Morgan fingerprint density at radius 1 is 0.283 bits per heavy atom. The first kappa shape index (κ1) is 37.7. The Bertz CT molecular complexity index is 885. The van der Waals surface area contributed by atoms with E-state index in [1.165, 1.54) is 51.6 Å². The number of unbranched alkanes of at least 4 members (excludes halogenated alkanes) is 5. The third-order valence-corrected chi connectivity index (χ3v) is 14.9. The standard InChI is InChI=1S/C44H76N2/c1-29-19-23-41(37(9)33(29)5)45(42-24-20-30(2)34(6)38(42)10)27-17-15-13-14-16-18-28-46(43-25-21-31(3)35(7)39(43)11)44-26-22-32(4)36(8)40(44)12/h19-26,29-44H,13-18,27-28H2,1-12H3/t29-,30-,31-,32-,33-,34-,35-,36-,37+,38+,39+,40+,41+,42+,43+,44+/m1/s1. The summed E-state index contributed by atoms with van der Waals surface area (Å²) in [5.41, 5.74) is 0. The van der Waals surface area contributed by atoms with Gasteiger partial charge in [0.1, 0.15) is 0 Å². The molecule has 0 spiro atoms. The molecule has 4 aliphatic carbocycles. The van der Waals surface area contributed by atoms with Crippen molar-refractivity contribution in [3.8, 4) is 0 Å². The van der Waals surface area contributed by atoms with Gasteiger partial charge in [-0.3, -0.25) is 9.80 Å². The van der Waals surface area contributed by atoms with Crippen LogP contribution in [0.5, 0.6) is 0 Å². The second-order valence-electron chi connectivity index (χ2n) is 17.4. The Labute approximate surface area is 287 Å². The summed E-state index contributed by atoms with van der Waals surface area (Å²) in [6.07, 6.45) is 28.5. The maximum absolute atomic E-state index is 2.92. The van der Waals surface area contributed by atoms with Crippen molar-refractivity contribution in [2.45, 2.75) is 146 Å². The smallest absolute Gasteiger partial charge is 0.0312 e. The molecular formula is C44H76N2. The fourth-order valence-corrected chi connectivity index (χ4v) is 9.66. The van der Waals surface area contributed by atoms with Crippen LogP contribution in [0.3, 0.4) is 0 Å². The Morgan fingerprint density at radius 3 is 0.739 bits per heavy atom. The van der Waals surface area contributed by atoms with E-state index in [1.807, 2.05) is 0 Å². The van der Waals surface area contributed by atoms with Gasteiger partial charge in [0.05, 0.1) is 0 Å². The summed E-state index contributed by atoms with van der Waals surface area (Å²) in [7, 11) is 0. The molecule has 0 N–H and O–H groups in total. The Balaban J connectivity index is 1.31. The molecule has 46 heavy (non-hydrogen) atoms. The molecule has 4 aliphatic rings. The van der Waals surface area contributed by atoms with E-state index in [2.05, 4.69) is 141 Å². The van der Waals surface area contributed by atoms with Crippen molar-refractivity contribution in [3.05, 3.63) is 48.6 Å². The summed E-state index contributed by atoms with van der Waals surface area (Å²) in [6, 6.07) is 2.27. The number of allylic oxidation sites excluding steroid dienone is 4. The summed E-state index contributed by atoms with van der Waals surface area (Å²) in [5, 5.41) is 0. The maximum Gasteiger partial charge on any atom is 0.0312 e. The van der Waals surface area contributed by atoms with Crippen molar-refractivity contribution < 1.29 is 0 Å². The monoisotopic (exact) mass is 633 g/mol. The van der Waals surface area contributed by atoms with E-state index >= 15 is 0 Å². The Hall–Kier alpha value is -1.12. The average molecular weight is 633 g/mol. The van der Waals surface area contributed by atoms with Gasteiger partial charge in [0.2, 0.25) is 0 Å². The van der Waals surface area contributed by atoms with E-state index in [4.69, 9.17) is 0 Å². The normalized spacial score (nSPS) is 44.4. The molecule has 4 rings (SSSR count). The van der Waals surface area contributed by atoms with Gasteiger partial charge in [-0.1, -0.05) is 157 Å². The molecule has 0 unspecified atom stereocenters. The molecule has 0 bridgehead atoms. The fraction of sp³-hybridized carbons (Fsp3) is 0.818. The minimum Gasteiger partial charge on any atom is -0.290 e. The van der Waals surface area contributed by atoms with Crippen molar-refractivity contribution in [1.82, 2.24) is 9.80 Å². The van der Waals surface area contributed by atoms with Gasteiger partial charge in [0.15, 0.2) is 0 Å². The maximum atomic E-state index is 2.92. The molecule has 2 nitrogen and oxygen atoms in total. The molecule has 0 radical (unpaired) electrons. The topological polar surface area (TPSA) is 6.48 Å². The van der Waals surface area contributed by atoms with Gasteiger partial charge in [-0.05, 0) is 96.9 Å². The summed E-state index contributed by atoms with van der Waals surface area (Å²) >= 11 is 0. The van der Waals surface area contributed by atoms with Crippen LogP contribution in [0.2, 0.25) is 0 Å². The minimum atomic E-state index is 0.568. The van der Waals surface area contributed by atoms with Crippen LogP contribution in [0.15, 0.2) is 48.6 Å². The molecular weight excluding hydrogens is 556 g/mol. The molecule has 0 saturated heterocycles. The van der Waals surface area contributed by atoms with Gasteiger partial charge >= 0.3 is 0 Å². The summed E-state index contributed by atoms with van der Waals surface area (Å²) in [6.45, 7) is 32.1. The predicted molar refractivity (Wildman–Crippen MR) is 203 cm³/mol. The lowest BCUT2D eigenvalue weighted by molar-refractivity contribution is 0.0582. The molecule has 0 saturated carbocycles. The van der Waals surface area contributed by atoms with E-state index < -0.39 is 0 Å². The van der Waals surface area contributed by atoms with Gasteiger partial charge < -0.3 is 0 Å². The van der Waals surface area contributed by atoms with Crippen LogP contribution >= 0.6 is 0 Å². The molecule has 0 amide bonds. The van der Waals surface area contributed by atoms with Crippen LogP contribution < -0.4 is 0 Å². The van der Waals surface area contributed by atoms with Crippen LogP contribution in [-0.2, 0) is 0 Å². The Morgan fingerprint density at radius 2 is 0.500 bits per heavy atom. The lowest BCUT2D eigenvalue weighted by atomic mass is 9.72. The summed E-state index contributed by atoms with van der Waals surface area (Å²) in [4.78, 5) is 5.85. The van der Waals surface area contributed by atoms with Crippen molar-refractivity contribution in [1.29, 1.82) is 0 Å². The SMILES string of the molecule is C[C@H]1[C@H](C)[C@@H](N(CCCCCCCCN([C@H]2C=C[C@@H](C)[C@@H](C)[C@@H]2C)[C@H]2C=C[C@@H](C)[C@@H](C)[C@@H]2C)[C@H]2C=C[C@@H](C)[C@@H](C)[C@@H]2C)C=C[C@H]1C. The van der Waals surface area contributed by atoms with Gasteiger partial charge in [0, 0.05) is 24.2 Å². The lowest BCUT2D eigenvalue weighted by Gasteiger charge is -2.48. The zero-order valence-corrected chi connectivity index (χ0v) is 32.4. The van der Waals surface area contributed by atoms with E-state index in [-0.39, 0.29) is 0 Å². The highest BCUT2D eigenvalue weighted by Crippen LogP contribution is 2.40. The second-order valence-corrected chi connectivity index (χ2v) is 17.4. The van der Waals surface area contributed by atoms with Gasteiger partial charge in [-0.15, -0.1) is 0 Å². The fourth-order valence-electron chi connectivity index (χ4n) is 9.66. The number of rotatable bonds is 13. The minimum absolute atomic E-state index is 0.568. The lowest BCUT2D eigenvalue weighted by Crippen LogP contribution is -2.52. The van der Waals surface area contributed by atoms with Gasteiger partial charge in [0.25, 0.3) is 0 Å². The molecule has 2 heteroatoms. The van der Waals surface area contributed by atoms with Crippen LogP contribution in [0, 0.1) is 71.0 Å². The molecule has 0 aromatic carbocycles. The highest BCUT2D eigenvalue weighted by Gasteiger charge is 2.40. The molecule has 0 aromatic rings. The summed E-state index contributed by atoms with van der Waals surface area (Å²) < 4.78 is 0. The van der Waals surface area contributed by atoms with Gasteiger partial charge in [-0.25, -0.2) is 0 Å². The van der Waals surface area contributed by atoms with E-state index in [0.717, 1.165) is 23.7 Å². The van der Waals surface area contributed by atoms with Crippen LogP contribution in [0.4, 0.5) is 0 Å². The molecule has 0 heterocycles. The zero-order chi connectivity index (χ0) is 33.7. The predicted octanol–water partition coefficient (Wildman–Crippen LogP) is 11.3. The number of hydrogen-bond acceptors (Lipinski definition) is 2. The highest BCUT2D eigenvalue weighted by molar-refractivity contribution is 5.14. The molecule has 16 atom stereocenters. The second kappa shape index (κ2) is 17.0. The van der Waals surface area contributed by atoms with Crippen molar-refractivity contribution >= 4 is 0 Å². The third-order valence-electron chi connectivity index (χ3n) is 14.9. The van der Waals surface area contributed by atoms with E-state index in [1.54, 1.807) is 0 Å². The van der Waals surface area contributed by atoms with Crippen LogP contribution in [-0.4, -0.2) is 47.1 Å². The largest absolute Gasteiger partial charge is 0.290 e. The van der Waals surface area contributed by atoms with Crippen molar-refractivity contribution in [2.75, 3.05) is 13.1 Å². The Kier molecular flexibility index (Phi) is 13.9. The van der Waals surface area contributed by atoms with Crippen molar-refractivity contribution in [2.24, 2.45) is 71.0 Å². The molecule has 262 valence electrons. The van der Waals surface area contributed by atoms with E-state index in [9.17, 15) is 0 Å². The van der Waals surface area contributed by atoms with Crippen LogP contribution in [0.1, 0.15) is 122 Å². The molecule has 0 aromatic heterocycles. The molecule has 0 aliphatic heterocycles. The number of hydrogen-bond donors (Lipinski definition) is 0. The first-order valence-electron chi connectivity index (χ1n) is 20.1. The zero-order valence-electron chi connectivity index (χ0n) is 32.4. The first-order chi connectivity index (χ1) is 21.8.